The quantitative estimate of drug-likeness (QED) is 0.601. The van der Waals surface area contributed by atoms with Crippen molar-refractivity contribution in [2.24, 2.45) is 0 Å². The molecule has 6 heteroatoms. The number of para-hydroxylation sites is 1. The van der Waals surface area contributed by atoms with E-state index in [1.54, 1.807) is 12.4 Å². The van der Waals surface area contributed by atoms with Gasteiger partial charge < -0.3 is 9.64 Å². The Bertz CT molecular complexity index is 1010. The molecule has 6 nitrogen and oxygen atoms in total. The van der Waals surface area contributed by atoms with Gasteiger partial charge in [-0.25, -0.2) is 0 Å². The first-order valence-electron chi connectivity index (χ1n) is 11.3. The average Bonchev–Trinajstić information content (AvgIpc) is 2.84. The van der Waals surface area contributed by atoms with Gasteiger partial charge in [0.25, 0.3) is 0 Å². The summed E-state index contributed by atoms with van der Waals surface area (Å²) >= 11 is 0. The fraction of sp³-hybridized carbons (Fsp3) is 0.346. The van der Waals surface area contributed by atoms with Gasteiger partial charge in [0.2, 0.25) is 5.91 Å². The minimum atomic E-state index is 0.116. The van der Waals surface area contributed by atoms with Gasteiger partial charge in [-0.2, -0.15) is 0 Å². The summed E-state index contributed by atoms with van der Waals surface area (Å²) in [6, 6.07) is 18.7. The zero-order valence-corrected chi connectivity index (χ0v) is 18.1. The average molecular weight is 429 g/mol. The number of aromatic nitrogens is 2. The predicted molar refractivity (Wildman–Crippen MR) is 122 cm³/mol. The summed E-state index contributed by atoms with van der Waals surface area (Å²) < 4.78 is 6.33. The number of nitrogens with zero attached hydrogens (tertiary/aromatic N) is 4. The zero-order chi connectivity index (χ0) is 21.8. The normalized spacial score (nSPS) is 21.7. The van der Waals surface area contributed by atoms with Crippen LogP contribution in [0.25, 0.3) is 0 Å². The minimum absolute atomic E-state index is 0.116. The smallest absolute Gasteiger partial charge is 0.227 e. The van der Waals surface area contributed by atoms with Crippen LogP contribution in [0.5, 0.6) is 5.75 Å². The van der Waals surface area contributed by atoms with Crippen LogP contribution in [-0.2, 0) is 11.2 Å². The number of hydrogen-bond acceptors (Lipinski definition) is 5. The lowest BCUT2D eigenvalue weighted by Gasteiger charge is -2.53. The van der Waals surface area contributed by atoms with E-state index in [9.17, 15) is 4.79 Å². The number of ether oxygens (including phenoxy) is 1. The van der Waals surface area contributed by atoms with Crippen molar-refractivity contribution in [3.05, 3.63) is 90.5 Å². The third kappa shape index (κ3) is 4.50. The van der Waals surface area contributed by atoms with Gasteiger partial charge >= 0.3 is 0 Å². The number of amides is 1. The Morgan fingerprint density at radius 1 is 0.938 bits per heavy atom. The fourth-order valence-electron chi connectivity index (χ4n) is 4.85. The first-order valence-corrected chi connectivity index (χ1v) is 11.3. The molecule has 0 spiro atoms. The molecule has 4 heterocycles. The van der Waals surface area contributed by atoms with Crippen LogP contribution in [0.4, 0.5) is 0 Å². The Balaban J connectivity index is 1.22. The van der Waals surface area contributed by atoms with Crippen LogP contribution < -0.4 is 4.74 Å². The Labute approximate surface area is 188 Å². The maximum absolute atomic E-state index is 12.7. The standard InChI is InChI=1S/C26H28N4O2/c31-25(17-20-5-4-12-28-18-20)29-15-10-22(11-16-29)30-19-24(32-23-6-2-1-3-7-23)26(30)21-8-13-27-14-9-21/h1-9,12-14,18,22,24,26H,10-11,15-17,19H2/t24-,26-/m0/s1. The number of carbonyl (C=O) groups excluding carboxylic acids is 1. The Kier molecular flexibility index (Phi) is 6.12. The number of benzene rings is 1. The number of piperidine rings is 1. The van der Waals surface area contributed by atoms with E-state index in [1.807, 2.05) is 59.8 Å². The molecule has 2 aliphatic heterocycles. The molecule has 1 aromatic carbocycles. The molecule has 5 rings (SSSR count). The van der Waals surface area contributed by atoms with Gasteiger partial charge in [0.1, 0.15) is 11.9 Å². The molecular weight excluding hydrogens is 400 g/mol. The van der Waals surface area contributed by atoms with E-state index >= 15 is 0 Å². The lowest BCUT2D eigenvalue weighted by molar-refractivity contribution is -0.134. The molecule has 0 unspecified atom stereocenters. The van der Waals surface area contributed by atoms with Crippen LogP contribution in [0.15, 0.2) is 79.4 Å². The van der Waals surface area contributed by atoms with Crippen molar-refractivity contribution in [1.82, 2.24) is 19.8 Å². The monoisotopic (exact) mass is 428 g/mol. The molecule has 2 aliphatic rings. The van der Waals surface area contributed by atoms with Crippen molar-refractivity contribution in [1.29, 1.82) is 0 Å². The Morgan fingerprint density at radius 2 is 1.72 bits per heavy atom. The highest BCUT2D eigenvalue weighted by molar-refractivity contribution is 5.78. The van der Waals surface area contributed by atoms with Gasteiger partial charge in [0.05, 0.1) is 12.5 Å². The van der Waals surface area contributed by atoms with Gasteiger partial charge in [0, 0.05) is 50.5 Å². The second-order valence-electron chi connectivity index (χ2n) is 8.54. The molecular formula is C26H28N4O2. The van der Waals surface area contributed by atoms with Crippen LogP contribution in [0.2, 0.25) is 0 Å². The maximum Gasteiger partial charge on any atom is 0.227 e. The summed E-state index contributed by atoms with van der Waals surface area (Å²) in [5, 5.41) is 0. The van der Waals surface area contributed by atoms with Crippen molar-refractivity contribution in [2.45, 2.75) is 37.5 Å². The lowest BCUT2D eigenvalue weighted by Crippen LogP contribution is -2.61. The molecule has 3 aromatic rings. The van der Waals surface area contributed by atoms with E-state index in [-0.39, 0.29) is 18.1 Å². The maximum atomic E-state index is 12.7. The predicted octanol–water partition coefficient (Wildman–Crippen LogP) is 3.51. The summed E-state index contributed by atoms with van der Waals surface area (Å²) in [4.78, 5) is 25.6. The minimum Gasteiger partial charge on any atom is -0.487 e. The summed E-state index contributed by atoms with van der Waals surface area (Å²) in [5.74, 6) is 1.10. The van der Waals surface area contributed by atoms with Gasteiger partial charge in [-0.1, -0.05) is 24.3 Å². The molecule has 2 aromatic heterocycles. The molecule has 2 fully saturated rings. The topological polar surface area (TPSA) is 58.6 Å². The fourth-order valence-corrected chi connectivity index (χ4v) is 4.85. The highest BCUT2D eigenvalue weighted by Crippen LogP contribution is 2.40. The molecule has 32 heavy (non-hydrogen) atoms. The second-order valence-corrected chi connectivity index (χ2v) is 8.54. The van der Waals surface area contributed by atoms with E-state index in [4.69, 9.17) is 4.74 Å². The Morgan fingerprint density at radius 3 is 2.44 bits per heavy atom. The lowest BCUT2D eigenvalue weighted by atomic mass is 9.87. The van der Waals surface area contributed by atoms with Crippen LogP contribution >= 0.6 is 0 Å². The number of carbonyl (C=O) groups is 1. The number of rotatable bonds is 6. The molecule has 0 aliphatic carbocycles. The van der Waals surface area contributed by atoms with E-state index in [1.165, 1.54) is 5.56 Å². The van der Waals surface area contributed by atoms with Crippen molar-refractivity contribution in [2.75, 3.05) is 19.6 Å². The highest BCUT2D eigenvalue weighted by Gasteiger charge is 2.45. The van der Waals surface area contributed by atoms with Gasteiger partial charge in [-0.05, 0) is 54.3 Å². The van der Waals surface area contributed by atoms with Gasteiger partial charge in [0.15, 0.2) is 0 Å². The van der Waals surface area contributed by atoms with E-state index < -0.39 is 0 Å². The molecule has 164 valence electrons. The first-order chi connectivity index (χ1) is 15.8. The van der Waals surface area contributed by atoms with Crippen molar-refractivity contribution >= 4 is 5.91 Å². The first kappa shape index (κ1) is 20.6. The van der Waals surface area contributed by atoms with E-state index in [0.29, 0.717) is 12.5 Å². The van der Waals surface area contributed by atoms with Crippen molar-refractivity contribution < 1.29 is 9.53 Å². The summed E-state index contributed by atoms with van der Waals surface area (Å²) in [5.41, 5.74) is 2.21. The van der Waals surface area contributed by atoms with E-state index in [2.05, 4.69) is 27.0 Å². The van der Waals surface area contributed by atoms with Crippen LogP contribution in [-0.4, -0.2) is 57.5 Å². The molecule has 2 atom stereocenters. The van der Waals surface area contributed by atoms with Crippen LogP contribution in [0, 0.1) is 0 Å². The van der Waals surface area contributed by atoms with Crippen LogP contribution in [0.3, 0.4) is 0 Å². The van der Waals surface area contributed by atoms with Crippen molar-refractivity contribution in [3.8, 4) is 5.75 Å². The zero-order valence-electron chi connectivity index (χ0n) is 18.1. The highest BCUT2D eigenvalue weighted by atomic mass is 16.5. The third-order valence-corrected chi connectivity index (χ3v) is 6.54. The number of pyridine rings is 2. The van der Waals surface area contributed by atoms with Gasteiger partial charge in [-0.15, -0.1) is 0 Å². The van der Waals surface area contributed by atoms with Crippen molar-refractivity contribution in [3.63, 3.8) is 0 Å². The summed E-state index contributed by atoms with van der Waals surface area (Å²) in [7, 11) is 0. The van der Waals surface area contributed by atoms with Gasteiger partial charge in [-0.3, -0.25) is 19.7 Å². The molecule has 0 radical (unpaired) electrons. The largest absolute Gasteiger partial charge is 0.487 e. The number of likely N-dealkylation sites (tertiary alicyclic amines) is 2. The Hall–Kier alpha value is -3.25. The summed E-state index contributed by atoms with van der Waals surface area (Å²) in [6.07, 6.45) is 9.73. The van der Waals surface area contributed by atoms with Crippen LogP contribution in [0.1, 0.15) is 30.0 Å². The molecule has 0 saturated carbocycles. The molecule has 2 saturated heterocycles. The molecule has 1 amide bonds. The molecule has 0 N–H and O–H groups in total. The SMILES string of the molecule is O=C(Cc1cccnc1)N1CCC(N2C[C@H](Oc3ccccc3)[C@@H]2c2ccncc2)CC1. The third-order valence-electron chi connectivity index (χ3n) is 6.54. The summed E-state index contributed by atoms with van der Waals surface area (Å²) in [6.45, 7) is 2.50. The van der Waals surface area contributed by atoms with E-state index in [0.717, 1.165) is 43.8 Å². The molecule has 0 bridgehead atoms. The second kappa shape index (κ2) is 9.49. The number of hydrogen-bond donors (Lipinski definition) is 0.